The van der Waals surface area contributed by atoms with Gasteiger partial charge in [0.15, 0.2) is 6.61 Å². The zero-order chi connectivity index (χ0) is 20.6. The van der Waals surface area contributed by atoms with E-state index < -0.39 is 10.0 Å². The number of nitrogens with one attached hydrogen (secondary N) is 1. The van der Waals surface area contributed by atoms with Crippen molar-refractivity contribution < 1.29 is 17.9 Å². The first-order chi connectivity index (χ1) is 13.3. The van der Waals surface area contributed by atoms with Gasteiger partial charge in [0.2, 0.25) is 10.0 Å². The molecule has 1 unspecified atom stereocenters. The highest BCUT2D eigenvalue weighted by molar-refractivity contribution is 7.89. The third kappa shape index (κ3) is 7.09. The van der Waals surface area contributed by atoms with Crippen LogP contribution in [-0.4, -0.2) is 44.4 Å². The Morgan fingerprint density at radius 2 is 1.71 bits per heavy atom. The molecular weight excluding hydrogens is 376 g/mol. The molecule has 28 heavy (non-hydrogen) atoms. The van der Waals surface area contributed by atoms with E-state index >= 15 is 0 Å². The van der Waals surface area contributed by atoms with E-state index in [2.05, 4.69) is 19.2 Å². The number of ether oxygens (including phenoxy) is 1. The van der Waals surface area contributed by atoms with Gasteiger partial charge in [-0.25, -0.2) is 8.42 Å². The Balaban J connectivity index is 1.79. The number of benzene rings is 1. The number of carbonyl (C=O) groups excluding carboxylic acids is 1. The van der Waals surface area contributed by atoms with E-state index in [-0.39, 0.29) is 23.5 Å². The predicted molar refractivity (Wildman–Crippen MR) is 111 cm³/mol. The zero-order valence-corrected chi connectivity index (χ0v) is 18.1. The van der Waals surface area contributed by atoms with Crippen LogP contribution in [0.4, 0.5) is 0 Å². The summed E-state index contributed by atoms with van der Waals surface area (Å²) in [6.45, 7) is 7.47. The van der Waals surface area contributed by atoms with Gasteiger partial charge in [-0.05, 0) is 56.4 Å². The van der Waals surface area contributed by atoms with Crippen molar-refractivity contribution in [2.45, 2.75) is 70.2 Å². The molecule has 1 atom stereocenters. The Hall–Kier alpha value is -1.60. The van der Waals surface area contributed by atoms with Crippen LogP contribution in [0.15, 0.2) is 29.2 Å². The van der Waals surface area contributed by atoms with Crippen LogP contribution in [0.25, 0.3) is 0 Å². The summed E-state index contributed by atoms with van der Waals surface area (Å²) in [4.78, 5) is 12.3. The second-order valence-corrected chi connectivity index (χ2v) is 9.96. The highest BCUT2D eigenvalue weighted by Crippen LogP contribution is 2.22. The smallest absolute Gasteiger partial charge is 0.258 e. The highest BCUT2D eigenvalue weighted by atomic mass is 32.2. The van der Waals surface area contributed by atoms with Gasteiger partial charge in [0.25, 0.3) is 5.91 Å². The molecule has 158 valence electrons. The first-order valence-electron chi connectivity index (χ1n) is 10.3. The summed E-state index contributed by atoms with van der Waals surface area (Å²) >= 11 is 0. The lowest BCUT2D eigenvalue weighted by Crippen LogP contribution is -2.36. The number of hydrogen-bond acceptors (Lipinski definition) is 4. The van der Waals surface area contributed by atoms with Crippen LogP contribution in [0.5, 0.6) is 5.75 Å². The number of hydrogen-bond donors (Lipinski definition) is 1. The van der Waals surface area contributed by atoms with E-state index in [4.69, 9.17) is 4.74 Å². The van der Waals surface area contributed by atoms with Crippen LogP contribution < -0.4 is 10.1 Å². The first-order valence-corrected chi connectivity index (χ1v) is 11.8. The van der Waals surface area contributed by atoms with Crippen molar-refractivity contribution in [2.24, 2.45) is 5.92 Å². The average Bonchev–Trinajstić information content (AvgIpc) is 2.67. The molecule has 1 aromatic rings. The Labute approximate surface area is 169 Å². The number of carbonyl (C=O) groups is 1. The van der Waals surface area contributed by atoms with E-state index in [1.54, 1.807) is 28.6 Å². The molecule has 0 aliphatic carbocycles. The standard InChI is InChI=1S/C21H34N2O4S/c1-17(2)8-7-9-18(3)22-21(24)16-27-19-10-12-20(13-11-19)28(25,26)23-14-5-4-6-15-23/h10-13,17-18H,4-9,14-16H2,1-3H3,(H,22,24). The van der Waals surface area contributed by atoms with Gasteiger partial charge in [-0.3, -0.25) is 4.79 Å². The topological polar surface area (TPSA) is 75.7 Å². The van der Waals surface area contributed by atoms with E-state index in [9.17, 15) is 13.2 Å². The normalized spacial score (nSPS) is 16.7. The van der Waals surface area contributed by atoms with Gasteiger partial charge in [-0.1, -0.05) is 33.1 Å². The maximum absolute atomic E-state index is 12.6. The number of amides is 1. The lowest BCUT2D eigenvalue weighted by Gasteiger charge is -2.25. The van der Waals surface area contributed by atoms with Gasteiger partial charge in [0.1, 0.15) is 5.75 Å². The van der Waals surface area contributed by atoms with Crippen molar-refractivity contribution in [3.8, 4) is 5.75 Å². The van der Waals surface area contributed by atoms with Crippen molar-refractivity contribution in [2.75, 3.05) is 19.7 Å². The third-order valence-corrected chi connectivity index (χ3v) is 6.89. The summed E-state index contributed by atoms with van der Waals surface area (Å²) in [5.41, 5.74) is 0. The van der Waals surface area contributed by atoms with E-state index in [1.165, 1.54) is 0 Å². The molecule has 2 rings (SSSR count). The minimum atomic E-state index is -3.44. The van der Waals surface area contributed by atoms with Crippen LogP contribution in [0, 0.1) is 5.92 Å². The van der Waals surface area contributed by atoms with Gasteiger partial charge >= 0.3 is 0 Å². The van der Waals surface area contributed by atoms with Crippen molar-refractivity contribution in [3.05, 3.63) is 24.3 Å². The maximum atomic E-state index is 12.6. The lowest BCUT2D eigenvalue weighted by atomic mass is 10.0. The summed E-state index contributed by atoms with van der Waals surface area (Å²) in [6, 6.07) is 6.43. The van der Waals surface area contributed by atoms with Crippen molar-refractivity contribution in [3.63, 3.8) is 0 Å². The third-order valence-electron chi connectivity index (χ3n) is 4.97. The molecule has 7 heteroatoms. The molecule has 1 fully saturated rings. The largest absolute Gasteiger partial charge is 0.484 e. The van der Waals surface area contributed by atoms with Crippen LogP contribution >= 0.6 is 0 Å². The molecule has 6 nitrogen and oxygen atoms in total. The van der Waals surface area contributed by atoms with Crippen LogP contribution in [0.2, 0.25) is 0 Å². The summed E-state index contributed by atoms with van der Waals surface area (Å²) in [5, 5.41) is 2.94. The Kier molecular flexibility index (Phi) is 8.76. The zero-order valence-electron chi connectivity index (χ0n) is 17.3. The van der Waals surface area contributed by atoms with Gasteiger partial charge in [-0.15, -0.1) is 0 Å². The quantitative estimate of drug-likeness (QED) is 0.640. The lowest BCUT2D eigenvalue weighted by molar-refractivity contribution is -0.123. The second kappa shape index (κ2) is 10.8. The molecule has 1 aliphatic heterocycles. The molecule has 1 saturated heterocycles. The molecule has 1 amide bonds. The summed E-state index contributed by atoms with van der Waals surface area (Å²) in [5.74, 6) is 0.996. The van der Waals surface area contributed by atoms with Crippen LogP contribution in [0.3, 0.4) is 0 Å². The molecule has 0 radical (unpaired) electrons. The molecule has 1 aromatic carbocycles. The van der Waals surface area contributed by atoms with Crippen LogP contribution in [0.1, 0.15) is 59.3 Å². The summed E-state index contributed by atoms with van der Waals surface area (Å²) in [6.07, 6.45) is 6.09. The monoisotopic (exact) mass is 410 g/mol. The average molecular weight is 411 g/mol. The minimum absolute atomic E-state index is 0.0766. The van der Waals surface area contributed by atoms with E-state index in [0.29, 0.717) is 24.8 Å². The minimum Gasteiger partial charge on any atom is -0.484 e. The van der Waals surface area contributed by atoms with Gasteiger partial charge in [0, 0.05) is 19.1 Å². The Morgan fingerprint density at radius 1 is 1.07 bits per heavy atom. The molecule has 0 aromatic heterocycles. The van der Waals surface area contributed by atoms with Gasteiger partial charge in [0.05, 0.1) is 4.90 Å². The molecular formula is C21H34N2O4S. The molecule has 1 N–H and O–H groups in total. The predicted octanol–water partition coefficient (Wildman–Crippen LogP) is 3.57. The van der Waals surface area contributed by atoms with Crippen molar-refractivity contribution in [1.29, 1.82) is 0 Å². The Morgan fingerprint density at radius 3 is 2.32 bits per heavy atom. The second-order valence-electron chi connectivity index (χ2n) is 8.02. The van der Waals surface area contributed by atoms with E-state index in [0.717, 1.165) is 38.5 Å². The fourth-order valence-electron chi connectivity index (χ4n) is 3.33. The SMILES string of the molecule is CC(C)CCCC(C)NC(=O)COc1ccc(S(=O)(=O)N2CCCCC2)cc1. The summed E-state index contributed by atoms with van der Waals surface area (Å²) < 4.78 is 32.3. The van der Waals surface area contributed by atoms with Crippen LogP contribution in [-0.2, 0) is 14.8 Å². The van der Waals surface area contributed by atoms with Crippen molar-refractivity contribution in [1.82, 2.24) is 9.62 Å². The molecule has 0 saturated carbocycles. The first kappa shape index (κ1) is 22.7. The fourth-order valence-corrected chi connectivity index (χ4v) is 4.85. The van der Waals surface area contributed by atoms with Gasteiger partial charge in [-0.2, -0.15) is 4.31 Å². The van der Waals surface area contributed by atoms with E-state index in [1.807, 2.05) is 6.92 Å². The molecule has 0 spiro atoms. The van der Waals surface area contributed by atoms with Crippen molar-refractivity contribution >= 4 is 15.9 Å². The number of nitrogens with zero attached hydrogens (tertiary/aromatic N) is 1. The fraction of sp³-hybridized carbons (Fsp3) is 0.667. The number of piperidine rings is 1. The molecule has 1 heterocycles. The highest BCUT2D eigenvalue weighted by Gasteiger charge is 2.25. The van der Waals surface area contributed by atoms with Gasteiger partial charge < -0.3 is 10.1 Å². The number of sulfonamides is 1. The maximum Gasteiger partial charge on any atom is 0.258 e. The molecule has 0 bridgehead atoms. The molecule has 1 aliphatic rings. The Bertz CT molecular complexity index is 710. The summed E-state index contributed by atoms with van der Waals surface area (Å²) in [7, 11) is -3.44. The number of rotatable bonds is 10.